The molecule has 0 saturated carbocycles. The molecular formula is C23H34O4. The largest absolute Gasteiger partial charge is 0.484 e. The summed E-state index contributed by atoms with van der Waals surface area (Å²) in [6, 6.07) is 0. The maximum atomic E-state index is 11.8. The summed E-state index contributed by atoms with van der Waals surface area (Å²) >= 11 is 0. The van der Waals surface area contributed by atoms with Crippen LogP contribution in [0.5, 0.6) is 0 Å². The van der Waals surface area contributed by atoms with Crippen molar-refractivity contribution in [3.05, 3.63) is 36.1 Å². The van der Waals surface area contributed by atoms with Crippen LogP contribution in [-0.4, -0.2) is 29.4 Å². The molecular weight excluding hydrogens is 340 g/mol. The van der Waals surface area contributed by atoms with Crippen molar-refractivity contribution in [1.29, 1.82) is 0 Å². The van der Waals surface area contributed by atoms with Gasteiger partial charge in [-0.15, -0.1) is 0 Å². The number of carbonyl (C=O) groups is 1. The predicted molar refractivity (Wildman–Crippen MR) is 106 cm³/mol. The van der Waals surface area contributed by atoms with Gasteiger partial charge in [0, 0.05) is 6.92 Å². The highest BCUT2D eigenvalue weighted by Gasteiger charge is 2.53. The van der Waals surface area contributed by atoms with Gasteiger partial charge in [-0.1, -0.05) is 24.8 Å². The molecule has 2 fully saturated rings. The molecule has 1 aliphatic carbocycles. The fourth-order valence-corrected chi connectivity index (χ4v) is 4.57. The third kappa shape index (κ3) is 4.48. The lowest BCUT2D eigenvalue weighted by molar-refractivity contribution is -0.164. The van der Waals surface area contributed by atoms with Crippen LogP contribution in [0.25, 0.3) is 0 Å². The molecule has 0 amide bonds. The molecule has 3 rings (SSSR count). The third-order valence-electron chi connectivity index (χ3n) is 6.65. The molecule has 0 spiro atoms. The van der Waals surface area contributed by atoms with Crippen molar-refractivity contribution in [3.63, 3.8) is 0 Å². The molecule has 4 nitrogen and oxygen atoms in total. The first-order valence-corrected chi connectivity index (χ1v) is 10.2. The number of esters is 1. The smallest absolute Gasteiger partial charge is 0.303 e. The minimum atomic E-state index is -0.585. The van der Waals surface area contributed by atoms with E-state index < -0.39 is 5.60 Å². The molecule has 0 unspecified atom stereocenters. The molecule has 0 aromatic rings. The van der Waals surface area contributed by atoms with Gasteiger partial charge in [-0.2, -0.15) is 0 Å². The maximum absolute atomic E-state index is 11.8. The van der Waals surface area contributed by atoms with Gasteiger partial charge in [0.05, 0.1) is 11.7 Å². The molecule has 3 aliphatic rings. The van der Waals surface area contributed by atoms with E-state index in [1.165, 1.54) is 12.5 Å². The second-order valence-corrected chi connectivity index (χ2v) is 8.98. The van der Waals surface area contributed by atoms with Gasteiger partial charge in [0.15, 0.2) is 0 Å². The van der Waals surface area contributed by atoms with E-state index in [0.717, 1.165) is 50.5 Å². The van der Waals surface area contributed by atoms with Gasteiger partial charge >= 0.3 is 5.97 Å². The highest BCUT2D eigenvalue weighted by Crippen LogP contribution is 2.48. The summed E-state index contributed by atoms with van der Waals surface area (Å²) in [7, 11) is 0. The topological polar surface area (TPSA) is 48.1 Å². The van der Waals surface area contributed by atoms with Gasteiger partial charge in [-0.25, -0.2) is 0 Å². The van der Waals surface area contributed by atoms with Gasteiger partial charge in [0.1, 0.15) is 17.5 Å². The van der Waals surface area contributed by atoms with Crippen molar-refractivity contribution in [3.8, 4) is 0 Å². The first kappa shape index (κ1) is 20.2. The molecule has 27 heavy (non-hydrogen) atoms. The highest BCUT2D eigenvalue weighted by molar-refractivity contribution is 5.66. The summed E-state index contributed by atoms with van der Waals surface area (Å²) in [6.07, 6.45) is 8.66. The molecule has 5 atom stereocenters. The first-order valence-electron chi connectivity index (χ1n) is 10.2. The van der Waals surface area contributed by atoms with Crippen molar-refractivity contribution in [2.45, 2.75) is 96.1 Å². The van der Waals surface area contributed by atoms with Crippen LogP contribution >= 0.6 is 0 Å². The van der Waals surface area contributed by atoms with E-state index in [4.69, 9.17) is 14.2 Å². The monoisotopic (exact) mass is 374 g/mol. The zero-order chi connectivity index (χ0) is 19.8. The van der Waals surface area contributed by atoms with Gasteiger partial charge in [0.2, 0.25) is 0 Å². The normalized spacial score (nSPS) is 42.1. The molecule has 2 aliphatic heterocycles. The molecule has 0 radical (unpaired) electrons. The fraction of sp³-hybridized carbons (Fsp3) is 0.696. The summed E-state index contributed by atoms with van der Waals surface area (Å²) in [6.45, 7) is 16.3. The van der Waals surface area contributed by atoms with Crippen LogP contribution in [-0.2, 0) is 19.0 Å². The Bertz CT molecular complexity index is 663. The van der Waals surface area contributed by atoms with Crippen molar-refractivity contribution >= 4 is 5.97 Å². The highest BCUT2D eigenvalue weighted by atomic mass is 16.6. The molecule has 2 saturated heterocycles. The number of fused-ring (bicyclic) bond motifs is 4. The standard InChI is InChI=1S/C23H34O4/c1-15-8-7-12-22(5)21(27-22)14-19-11-13-23(6,26-17(3)16(19)2)20(10-9-15)25-18(4)24/h8,19-21H,2-3,7,9-14H2,1,4-6H3/b15-8+/t19-,20-,21+,22+,23-/m1/s1. The minimum Gasteiger partial charge on any atom is -0.484 e. The van der Waals surface area contributed by atoms with Gasteiger partial charge in [-0.05, 0) is 77.2 Å². The number of ether oxygens (including phenoxy) is 3. The van der Waals surface area contributed by atoms with Crippen LogP contribution in [0.3, 0.4) is 0 Å². The molecule has 0 aromatic carbocycles. The Morgan fingerprint density at radius 2 is 1.96 bits per heavy atom. The molecule has 0 aromatic heterocycles. The van der Waals surface area contributed by atoms with Crippen molar-refractivity contribution in [1.82, 2.24) is 0 Å². The van der Waals surface area contributed by atoms with Crippen LogP contribution in [0.15, 0.2) is 36.1 Å². The van der Waals surface area contributed by atoms with Gasteiger partial charge < -0.3 is 14.2 Å². The zero-order valence-electron chi connectivity index (χ0n) is 17.3. The van der Waals surface area contributed by atoms with E-state index in [9.17, 15) is 4.79 Å². The maximum Gasteiger partial charge on any atom is 0.303 e. The summed E-state index contributed by atoms with van der Waals surface area (Å²) in [4.78, 5) is 11.8. The Hall–Kier alpha value is -1.55. The second kappa shape index (κ2) is 7.46. The van der Waals surface area contributed by atoms with Crippen LogP contribution in [0.4, 0.5) is 0 Å². The van der Waals surface area contributed by atoms with E-state index in [2.05, 4.69) is 33.1 Å². The molecule has 4 heteroatoms. The Balaban J connectivity index is 1.90. The lowest BCUT2D eigenvalue weighted by Gasteiger charge is -2.37. The predicted octanol–water partition coefficient (Wildman–Crippen LogP) is 5.24. The van der Waals surface area contributed by atoms with Crippen molar-refractivity contribution in [2.75, 3.05) is 0 Å². The Morgan fingerprint density at radius 1 is 1.22 bits per heavy atom. The quantitative estimate of drug-likeness (QED) is 0.358. The van der Waals surface area contributed by atoms with E-state index in [1.807, 2.05) is 6.92 Å². The van der Waals surface area contributed by atoms with Crippen molar-refractivity contribution in [2.24, 2.45) is 5.92 Å². The van der Waals surface area contributed by atoms with Crippen molar-refractivity contribution < 1.29 is 19.0 Å². The number of rotatable bonds is 1. The summed E-state index contributed by atoms with van der Waals surface area (Å²) in [5, 5.41) is 0. The average molecular weight is 375 g/mol. The molecule has 2 heterocycles. The first-order chi connectivity index (χ1) is 12.6. The van der Waals surface area contributed by atoms with E-state index in [-0.39, 0.29) is 23.8 Å². The zero-order valence-corrected chi connectivity index (χ0v) is 17.3. The number of hydrogen-bond acceptors (Lipinski definition) is 4. The summed E-state index contributed by atoms with van der Waals surface area (Å²) in [5.74, 6) is 0.658. The third-order valence-corrected chi connectivity index (χ3v) is 6.65. The summed E-state index contributed by atoms with van der Waals surface area (Å²) < 4.78 is 18.1. The van der Waals surface area contributed by atoms with Crippen LogP contribution in [0.2, 0.25) is 0 Å². The lowest BCUT2D eigenvalue weighted by Crippen LogP contribution is -2.44. The molecule has 2 bridgehead atoms. The lowest BCUT2D eigenvalue weighted by atomic mass is 9.82. The number of hydrogen-bond donors (Lipinski definition) is 0. The second-order valence-electron chi connectivity index (χ2n) is 8.98. The van der Waals surface area contributed by atoms with E-state index in [0.29, 0.717) is 11.7 Å². The number of epoxide rings is 1. The minimum absolute atomic E-state index is 0.0146. The van der Waals surface area contributed by atoms with E-state index >= 15 is 0 Å². The number of allylic oxidation sites excluding steroid dienone is 3. The summed E-state index contributed by atoms with van der Waals surface area (Å²) in [5.41, 5.74) is 1.68. The SMILES string of the molecule is C=C1O[C@]2(C)CC[C@H](C[C@@H]3O[C@@]3(C)CC/C=C(\C)CC[C@H]2OC(C)=O)C1=C. The molecule has 0 N–H and O–H groups in total. The Morgan fingerprint density at radius 3 is 2.67 bits per heavy atom. The molecule has 150 valence electrons. The average Bonchev–Trinajstić information content (AvgIpc) is 3.24. The fourth-order valence-electron chi connectivity index (χ4n) is 4.57. The Labute approximate surface area is 163 Å². The Kier molecular flexibility index (Phi) is 5.58. The van der Waals surface area contributed by atoms with Gasteiger partial charge in [-0.3, -0.25) is 4.79 Å². The van der Waals surface area contributed by atoms with Gasteiger partial charge in [0.25, 0.3) is 0 Å². The number of carbonyl (C=O) groups excluding carboxylic acids is 1. The van der Waals surface area contributed by atoms with Crippen LogP contribution < -0.4 is 0 Å². The van der Waals surface area contributed by atoms with Crippen LogP contribution in [0.1, 0.15) is 72.6 Å². The van der Waals surface area contributed by atoms with Crippen LogP contribution in [0, 0.1) is 5.92 Å². The van der Waals surface area contributed by atoms with E-state index in [1.54, 1.807) is 0 Å².